The molecule has 2 atom stereocenters. The van der Waals surface area contributed by atoms with Gasteiger partial charge < -0.3 is 14.2 Å². The van der Waals surface area contributed by atoms with Crippen molar-refractivity contribution < 1.29 is 28.6 Å². The number of carbonyl (C=O) groups excluding carboxylic acids is 3. The number of esters is 3. The van der Waals surface area contributed by atoms with Gasteiger partial charge >= 0.3 is 17.9 Å². The van der Waals surface area contributed by atoms with E-state index >= 15 is 0 Å². The van der Waals surface area contributed by atoms with Crippen LogP contribution in [-0.2, 0) is 28.6 Å². The summed E-state index contributed by atoms with van der Waals surface area (Å²) in [6.07, 6.45) is 41.1. The molecule has 6 heteroatoms. The topological polar surface area (TPSA) is 78.9 Å². The fourth-order valence-corrected chi connectivity index (χ4v) is 6.95. The lowest BCUT2D eigenvalue weighted by atomic mass is 9.99. The molecule has 0 aromatic carbocycles. The highest BCUT2D eigenvalue weighted by Crippen LogP contribution is 2.17. The molecule has 6 nitrogen and oxygen atoms in total. The first-order valence-electron chi connectivity index (χ1n) is 23.4. The van der Waals surface area contributed by atoms with Crippen molar-refractivity contribution in [2.75, 3.05) is 13.2 Å². The normalized spacial score (nSPS) is 12.5. The third-order valence-corrected chi connectivity index (χ3v) is 10.9. The molecular formula is C47H90O6. The van der Waals surface area contributed by atoms with E-state index in [0.717, 1.165) is 70.1 Å². The molecule has 0 aliphatic rings. The second-order valence-corrected chi connectivity index (χ2v) is 16.3. The Morgan fingerprint density at radius 2 is 0.660 bits per heavy atom. The third kappa shape index (κ3) is 39.9. The van der Waals surface area contributed by atoms with E-state index in [1.54, 1.807) is 0 Å². The summed E-state index contributed by atoms with van der Waals surface area (Å²) in [5, 5.41) is 0. The molecule has 314 valence electrons. The molecule has 0 saturated carbocycles. The summed E-state index contributed by atoms with van der Waals surface area (Å²) in [6, 6.07) is 0. The van der Waals surface area contributed by atoms with Crippen molar-refractivity contribution in [2.45, 2.75) is 265 Å². The minimum absolute atomic E-state index is 0.0645. The van der Waals surface area contributed by atoms with Crippen molar-refractivity contribution in [3.05, 3.63) is 0 Å². The number of ether oxygens (including phenoxy) is 3. The maximum Gasteiger partial charge on any atom is 0.306 e. The van der Waals surface area contributed by atoms with Gasteiger partial charge in [-0.25, -0.2) is 0 Å². The van der Waals surface area contributed by atoms with Crippen LogP contribution in [0, 0.1) is 5.92 Å². The van der Waals surface area contributed by atoms with Crippen LogP contribution in [0.4, 0.5) is 0 Å². The highest BCUT2D eigenvalue weighted by molar-refractivity contribution is 5.71. The van der Waals surface area contributed by atoms with Crippen LogP contribution < -0.4 is 0 Å². The van der Waals surface area contributed by atoms with Gasteiger partial charge in [0.2, 0.25) is 0 Å². The molecule has 0 heterocycles. The molecule has 0 aromatic rings. The molecule has 1 unspecified atom stereocenters. The molecule has 0 N–H and O–H groups in total. The van der Waals surface area contributed by atoms with Gasteiger partial charge in [0.1, 0.15) is 13.2 Å². The summed E-state index contributed by atoms with van der Waals surface area (Å²) in [6.45, 7) is 8.96. The maximum atomic E-state index is 12.6. The van der Waals surface area contributed by atoms with Gasteiger partial charge in [-0.15, -0.1) is 0 Å². The molecule has 0 rings (SSSR count). The Kier molecular flexibility index (Phi) is 40.3. The Morgan fingerprint density at radius 1 is 0.377 bits per heavy atom. The highest BCUT2D eigenvalue weighted by Gasteiger charge is 2.19. The Hall–Kier alpha value is -1.59. The number of rotatable bonds is 42. The van der Waals surface area contributed by atoms with Gasteiger partial charge in [-0.1, -0.05) is 220 Å². The molecule has 0 aliphatic carbocycles. The molecular weight excluding hydrogens is 661 g/mol. The van der Waals surface area contributed by atoms with E-state index in [0.29, 0.717) is 19.3 Å². The van der Waals surface area contributed by atoms with Crippen LogP contribution in [0.25, 0.3) is 0 Å². The van der Waals surface area contributed by atoms with Gasteiger partial charge in [-0.3, -0.25) is 14.4 Å². The molecule has 0 radical (unpaired) electrons. The fraction of sp³-hybridized carbons (Fsp3) is 0.936. The lowest BCUT2D eigenvalue weighted by Crippen LogP contribution is -2.30. The van der Waals surface area contributed by atoms with Gasteiger partial charge in [0.15, 0.2) is 6.10 Å². The monoisotopic (exact) mass is 751 g/mol. The Labute approximate surface area is 329 Å². The van der Waals surface area contributed by atoms with Crippen molar-refractivity contribution in [3.63, 3.8) is 0 Å². The Morgan fingerprint density at radius 3 is 0.981 bits per heavy atom. The van der Waals surface area contributed by atoms with E-state index in [-0.39, 0.29) is 31.1 Å². The molecule has 53 heavy (non-hydrogen) atoms. The van der Waals surface area contributed by atoms with Crippen molar-refractivity contribution in [1.29, 1.82) is 0 Å². The van der Waals surface area contributed by atoms with Crippen LogP contribution in [-0.4, -0.2) is 37.2 Å². The zero-order chi connectivity index (χ0) is 38.9. The lowest BCUT2D eigenvalue weighted by Gasteiger charge is -2.18. The van der Waals surface area contributed by atoms with E-state index in [9.17, 15) is 14.4 Å². The Balaban J connectivity index is 4.13. The average Bonchev–Trinajstić information content (AvgIpc) is 3.15. The van der Waals surface area contributed by atoms with Gasteiger partial charge in [-0.05, 0) is 25.2 Å². The lowest BCUT2D eigenvalue weighted by molar-refractivity contribution is -0.167. The predicted octanol–water partition coefficient (Wildman–Crippen LogP) is 14.7. The first-order chi connectivity index (χ1) is 25.9. The van der Waals surface area contributed by atoms with Crippen LogP contribution in [0.3, 0.4) is 0 Å². The largest absolute Gasteiger partial charge is 0.462 e. The summed E-state index contributed by atoms with van der Waals surface area (Å²) in [5.41, 5.74) is 0. The fourth-order valence-electron chi connectivity index (χ4n) is 6.95. The zero-order valence-electron chi connectivity index (χ0n) is 36.0. The second-order valence-electron chi connectivity index (χ2n) is 16.3. The van der Waals surface area contributed by atoms with E-state index in [1.165, 1.54) is 148 Å². The first-order valence-corrected chi connectivity index (χ1v) is 23.4. The SMILES string of the molecule is CCCCCCCCCCCCCCC(=O)O[C@@H](COC(=O)CCCCCCC)COC(=O)CCCCCCCCCCCCCCCCC(C)CC. The molecule has 0 aromatic heterocycles. The van der Waals surface area contributed by atoms with Crippen molar-refractivity contribution in [2.24, 2.45) is 5.92 Å². The minimum atomic E-state index is -0.757. The van der Waals surface area contributed by atoms with Crippen LogP contribution in [0.1, 0.15) is 259 Å². The highest BCUT2D eigenvalue weighted by atomic mass is 16.6. The first kappa shape index (κ1) is 51.4. The smallest absolute Gasteiger partial charge is 0.306 e. The van der Waals surface area contributed by atoms with Gasteiger partial charge in [0, 0.05) is 19.3 Å². The van der Waals surface area contributed by atoms with E-state index < -0.39 is 6.10 Å². The van der Waals surface area contributed by atoms with Gasteiger partial charge in [0.25, 0.3) is 0 Å². The summed E-state index contributed by atoms with van der Waals surface area (Å²) < 4.78 is 16.6. The van der Waals surface area contributed by atoms with Crippen LogP contribution in [0.15, 0.2) is 0 Å². The summed E-state index contributed by atoms with van der Waals surface area (Å²) >= 11 is 0. The van der Waals surface area contributed by atoms with E-state index in [2.05, 4.69) is 27.7 Å². The summed E-state index contributed by atoms with van der Waals surface area (Å²) in [7, 11) is 0. The quantitative estimate of drug-likeness (QED) is 0.0351. The average molecular weight is 751 g/mol. The van der Waals surface area contributed by atoms with E-state index in [4.69, 9.17) is 14.2 Å². The van der Waals surface area contributed by atoms with Gasteiger partial charge in [0.05, 0.1) is 0 Å². The van der Waals surface area contributed by atoms with Crippen LogP contribution in [0.2, 0.25) is 0 Å². The molecule has 0 amide bonds. The van der Waals surface area contributed by atoms with Gasteiger partial charge in [-0.2, -0.15) is 0 Å². The molecule has 0 spiro atoms. The number of hydrogen-bond donors (Lipinski definition) is 0. The van der Waals surface area contributed by atoms with Crippen LogP contribution >= 0.6 is 0 Å². The zero-order valence-corrected chi connectivity index (χ0v) is 36.0. The Bertz CT molecular complexity index is 798. The van der Waals surface area contributed by atoms with Crippen LogP contribution in [0.5, 0.6) is 0 Å². The molecule has 0 fully saturated rings. The number of unbranched alkanes of at least 4 members (excludes halogenated alkanes) is 28. The molecule has 0 aliphatic heterocycles. The second kappa shape index (κ2) is 41.6. The van der Waals surface area contributed by atoms with Crippen molar-refractivity contribution >= 4 is 17.9 Å². The minimum Gasteiger partial charge on any atom is -0.462 e. The summed E-state index contributed by atoms with van der Waals surface area (Å²) in [4.78, 5) is 37.5. The third-order valence-electron chi connectivity index (χ3n) is 10.9. The predicted molar refractivity (Wildman–Crippen MR) is 224 cm³/mol. The standard InChI is InChI=1S/C47H90O6/c1-5-8-10-12-13-14-15-21-25-28-32-36-40-47(50)53-44(41-51-45(48)38-34-29-11-9-6-2)42-52-46(49)39-35-31-27-24-22-19-17-16-18-20-23-26-30-33-37-43(4)7-3/h43-44H,5-42H2,1-4H3/t43?,44-/m0/s1. The molecule has 0 bridgehead atoms. The maximum absolute atomic E-state index is 12.6. The van der Waals surface area contributed by atoms with E-state index in [1.807, 2.05) is 0 Å². The van der Waals surface area contributed by atoms with Crippen molar-refractivity contribution in [3.8, 4) is 0 Å². The summed E-state index contributed by atoms with van der Waals surface area (Å²) in [5.74, 6) is 0.0295. The molecule has 0 saturated heterocycles. The number of hydrogen-bond acceptors (Lipinski definition) is 6. The number of carbonyl (C=O) groups is 3. The van der Waals surface area contributed by atoms with Crippen molar-refractivity contribution in [1.82, 2.24) is 0 Å².